The summed E-state index contributed by atoms with van der Waals surface area (Å²) < 4.78 is 5.60. The van der Waals surface area contributed by atoms with Gasteiger partial charge in [0.25, 0.3) is 0 Å². The predicted octanol–water partition coefficient (Wildman–Crippen LogP) is 2.99. The van der Waals surface area contributed by atoms with Crippen LogP contribution in [0.2, 0.25) is 0 Å². The second-order valence-electron chi connectivity index (χ2n) is 6.77. The van der Waals surface area contributed by atoms with E-state index >= 15 is 0 Å². The molecule has 1 fully saturated rings. The van der Waals surface area contributed by atoms with E-state index in [2.05, 4.69) is 0 Å². The van der Waals surface area contributed by atoms with Crippen molar-refractivity contribution in [3.63, 3.8) is 0 Å². The van der Waals surface area contributed by atoms with Crippen molar-refractivity contribution in [1.82, 2.24) is 0 Å². The molecule has 7 heteroatoms. The minimum atomic E-state index is -2.33. The van der Waals surface area contributed by atoms with Crippen molar-refractivity contribution in [3.8, 4) is 11.1 Å². The van der Waals surface area contributed by atoms with Crippen LogP contribution in [0.1, 0.15) is 24.0 Å². The van der Waals surface area contributed by atoms with Crippen molar-refractivity contribution in [2.45, 2.75) is 23.3 Å². The van der Waals surface area contributed by atoms with E-state index in [1.807, 2.05) is 12.1 Å². The summed E-state index contributed by atoms with van der Waals surface area (Å²) in [5.41, 5.74) is 0.623. The standard InChI is InChI=1S/C20H15ClO6/c1-10(22)27-20-14-9-5-4-7-12(14)11-6-2-3-8-13(11)15(20)16(17(23)24)19(20,21)18(25)26/h2-9,15-16H,1H3,(H,23,24)(H,25,26). The number of rotatable bonds is 3. The lowest BCUT2D eigenvalue weighted by Gasteiger charge is -2.63. The molecular weight excluding hydrogens is 372 g/mol. The van der Waals surface area contributed by atoms with Crippen molar-refractivity contribution in [1.29, 1.82) is 0 Å². The van der Waals surface area contributed by atoms with Crippen LogP contribution in [0.15, 0.2) is 48.5 Å². The van der Waals surface area contributed by atoms with Crippen LogP contribution in [-0.4, -0.2) is 33.0 Å². The minimum absolute atomic E-state index is 0.402. The number of hydrogen-bond donors (Lipinski definition) is 2. The van der Waals surface area contributed by atoms with Gasteiger partial charge in [-0.2, -0.15) is 0 Å². The number of aliphatic carboxylic acids is 2. The SMILES string of the molecule is CC(=O)OC12c3ccccc3-c3ccccc3C1C(C(=O)O)C2(Cl)C(=O)O. The van der Waals surface area contributed by atoms with E-state index in [4.69, 9.17) is 16.3 Å². The molecule has 0 spiro atoms. The summed E-state index contributed by atoms with van der Waals surface area (Å²) >= 11 is 6.51. The van der Waals surface area contributed by atoms with Gasteiger partial charge in [0.2, 0.25) is 0 Å². The number of hydrogen-bond acceptors (Lipinski definition) is 4. The second-order valence-corrected chi connectivity index (χ2v) is 7.37. The summed E-state index contributed by atoms with van der Waals surface area (Å²) in [4.78, 5) is 33.9. The number of ether oxygens (including phenoxy) is 1. The van der Waals surface area contributed by atoms with E-state index in [1.54, 1.807) is 36.4 Å². The number of carboxylic acid groups (broad SMARTS) is 2. The number of carboxylic acids is 2. The van der Waals surface area contributed by atoms with Gasteiger partial charge in [0.05, 0.1) is 0 Å². The summed E-state index contributed by atoms with van der Waals surface area (Å²) in [5, 5.41) is 19.7. The van der Waals surface area contributed by atoms with Crippen molar-refractivity contribution in [2.24, 2.45) is 5.92 Å². The van der Waals surface area contributed by atoms with Crippen molar-refractivity contribution >= 4 is 29.5 Å². The van der Waals surface area contributed by atoms with E-state index in [1.165, 1.54) is 0 Å². The number of carbonyl (C=O) groups excluding carboxylic acids is 1. The van der Waals surface area contributed by atoms with Crippen LogP contribution in [-0.2, 0) is 24.7 Å². The summed E-state index contributed by atoms with van der Waals surface area (Å²) in [6.45, 7) is 1.15. The van der Waals surface area contributed by atoms with Gasteiger partial charge in [-0.25, -0.2) is 0 Å². The molecule has 0 amide bonds. The van der Waals surface area contributed by atoms with Gasteiger partial charge in [0.1, 0.15) is 5.92 Å². The number of fused-ring (bicyclic) bond motifs is 6. The number of carbonyl (C=O) groups is 3. The van der Waals surface area contributed by atoms with E-state index in [0.717, 1.165) is 12.5 Å². The Kier molecular flexibility index (Phi) is 3.62. The Morgan fingerprint density at radius 2 is 1.59 bits per heavy atom. The lowest BCUT2D eigenvalue weighted by Crippen LogP contribution is -2.76. The largest absolute Gasteiger partial charge is 0.481 e. The first kappa shape index (κ1) is 17.5. The lowest BCUT2D eigenvalue weighted by molar-refractivity contribution is -0.215. The number of alkyl halides is 1. The van der Waals surface area contributed by atoms with Gasteiger partial charge in [-0.05, 0) is 16.7 Å². The monoisotopic (exact) mass is 386 g/mol. The molecule has 0 radical (unpaired) electrons. The third-order valence-corrected chi connectivity index (χ3v) is 6.21. The molecule has 1 saturated carbocycles. The molecule has 0 heterocycles. The Morgan fingerprint density at radius 1 is 1.00 bits per heavy atom. The molecular formula is C20H15ClO6. The molecule has 4 unspecified atom stereocenters. The number of esters is 1. The van der Waals surface area contributed by atoms with Crippen molar-refractivity contribution in [2.75, 3.05) is 0 Å². The van der Waals surface area contributed by atoms with Crippen LogP contribution < -0.4 is 0 Å². The number of benzene rings is 2. The normalized spacial score (nSPS) is 30.1. The van der Waals surface area contributed by atoms with Crippen LogP contribution in [0, 0.1) is 5.92 Å². The first-order valence-electron chi connectivity index (χ1n) is 8.30. The molecule has 2 aromatic rings. The highest BCUT2D eigenvalue weighted by molar-refractivity contribution is 6.38. The molecule has 2 aromatic carbocycles. The molecule has 0 bridgehead atoms. The second kappa shape index (κ2) is 5.57. The number of halogens is 1. The molecule has 27 heavy (non-hydrogen) atoms. The quantitative estimate of drug-likeness (QED) is 0.621. The van der Waals surface area contributed by atoms with Gasteiger partial charge in [-0.1, -0.05) is 48.5 Å². The minimum Gasteiger partial charge on any atom is -0.481 e. The fraction of sp³-hybridized carbons (Fsp3) is 0.250. The fourth-order valence-corrected chi connectivity index (χ4v) is 5.14. The highest BCUT2D eigenvalue weighted by atomic mass is 35.5. The Hall–Kier alpha value is -2.86. The molecule has 0 saturated heterocycles. The van der Waals surface area contributed by atoms with Crippen molar-refractivity contribution in [3.05, 3.63) is 59.7 Å². The van der Waals surface area contributed by atoms with Crippen molar-refractivity contribution < 1.29 is 29.3 Å². The van der Waals surface area contributed by atoms with Gasteiger partial charge >= 0.3 is 17.9 Å². The highest BCUT2D eigenvalue weighted by Gasteiger charge is 2.82. The smallest absolute Gasteiger partial charge is 0.330 e. The van der Waals surface area contributed by atoms with Crippen LogP contribution in [0.25, 0.3) is 11.1 Å². The zero-order chi connectivity index (χ0) is 19.6. The molecule has 2 aliphatic rings. The Labute approximate surface area is 159 Å². The molecule has 6 nitrogen and oxygen atoms in total. The zero-order valence-electron chi connectivity index (χ0n) is 14.2. The maximum atomic E-state index is 12.2. The molecule has 2 N–H and O–H groups in total. The third kappa shape index (κ3) is 1.93. The molecule has 2 aliphatic carbocycles. The molecule has 138 valence electrons. The molecule has 4 rings (SSSR count). The average Bonchev–Trinajstić information content (AvgIpc) is 2.62. The molecule has 0 aromatic heterocycles. The van der Waals surface area contributed by atoms with E-state index in [-0.39, 0.29) is 0 Å². The van der Waals surface area contributed by atoms with E-state index in [0.29, 0.717) is 16.7 Å². The third-order valence-electron chi connectivity index (χ3n) is 5.54. The molecule has 0 aliphatic heterocycles. The topological polar surface area (TPSA) is 101 Å². The van der Waals surface area contributed by atoms with Crippen LogP contribution in [0.4, 0.5) is 0 Å². The summed E-state index contributed by atoms with van der Waals surface area (Å²) in [5.74, 6) is -6.01. The zero-order valence-corrected chi connectivity index (χ0v) is 14.9. The van der Waals surface area contributed by atoms with Crippen LogP contribution in [0.5, 0.6) is 0 Å². The average molecular weight is 387 g/mol. The van der Waals surface area contributed by atoms with Gasteiger partial charge in [-0.3, -0.25) is 14.4 Å². The molecule has 4 atom stereocenters. The summed E-state index contributed by atoms with van der Waals surface area (Å²) in [7, 11) is 0. The maximum Gasteiger partial charge on any atom is 0.330 e. The van der Waals surface area contributed by atoms with Gasteiger partial charge in [0.15, 0.2) is 10.5 Å². The van der Waals surface area contributed by atoms with Gasteiger partial charge < -0.3 is 14.9 Å². The van der Waals surface area contributed by atoms with Gasteiger partial charge in [-0.15, -0.1) is 11.6 Å². The van der Waals surface area contributed by atoms with Crippen LogP contribution in [0.3, 0.4) is 0 Å². The lowest BCUT2D eigenvalue weighted by atomic mass is 9.45. The summed E-state index contributed by atoms with van der Waals surface area (Å²) in [6.07, 6.45) is 0. The maximum absolute atomic E-state index is 12.2. The predicted molar refractivity (Wildman–Crippen MR) is 95.4 cm³/mol. The fourth-order valence-electron chi connectivity index (χ4n) is 4.67. The van der Waals surface area contributed by atoms with Crippen LogP contribution >= 0.6 is 11.6 Å². The Balaban J connectivity index is 2.13. The Morgan fingerprint density at radius 3 is 2.19 bits per heavy atom. The van der Waals surface area contributed by atoms with E-state index < -0.39 is 40.2 Å². The Bertz CT molecular complexity index is 1000. The summed E-state index contributed by atoms with van der Waals surface area (Å²) in [6, 6.07) is 14.0. The highest BCUT2D eigenvalue weighted by Crippen LogP contribution is 2.72. The first-order valence-corrected chi connectivity index (χ1v) is 8.68. The first-order chi connectivity index (χ1) is 12.8. The van der Waals surface area contributed by atoms with E-state index in [9.17, 15) is 24.6 Å². The van der Waals surface area contributed by atoms with Gasteiger partial charge in [0, 0.05) is 18.4 Å².